The van der Waals surface area contributed by atoms with Gasteiger partial charge in [0.25, 0.3) is 0 Å². The number of aliphatic hydroxyl groups excluding tert-OH is 1. The Morgan fingerprint density at radius 1 is 1.25 bits per heavy atom. The van der Waals surface area contributed by atoms with Crippen molar-refractivity contribution in [2.75, 3.05) is 13.7 Å². The van der Waals surface area contributed by atoms with Crippen molar-refractivity contribution in [1.29, 1.82) is 0 Å². The van der Waals surface area contributed by atoms with Gasteiger partial charge in [0.2, 0.25) is 0 Å². The normalized spacial score (nSPS) is 22.3. The summed E-state index contributed by atoms with van der Waals surface area (Å²) in [5.74, 6) is 2.32. The van der Waals surface area contributed by atoms with E-state index in [0.717, 1.165) is 47.0 Å². The van der Waals surface area contributed by atoms with Crippen LogP contribution in [0.1, 0.15) is 38.2 Å². The van der Waals surface area contributed by atoms with Gasteiger partial charge in [0.05, 0.1) is 31.6 Å². The SMILES string of the molecule is CCOC1=C(OC)C=C2C(c3ccc(-n4cccn4)nc3)=N[C@@H]3CC[C@@H](O)CC3=C2C1.Cl. The van der Waals surface area contributed by atoms with E-state index < -0.39 is 0 Å². The zero-order valence-corrected chi connectivity index (χ0v) is 19.0. The van der Waals surface area contributed by atoms with Crippen LogP contribution in [0.3, 0.4) is 0 Å². The van der Waals surface area contributed by atoms with Gasteiger partial charge in [-0.15, -0.1) is 12.4 Å². The molecule has 0 spiro atoms. The Balaban J connectivity index is 0.00000245. The number of allylic oxidation sites excluding steroid dienone is 3. The van der Waals surface area contributed by atoms with Crippen LogP contribution >= 0.6 is 12.4 Å². The number of methoxy groups -OCH3 is 1. The standard InChI is InChI=1S/C24H26N4O3.ClH/c1-3-31-22-12-17-18-11-16(29)6-7-20(18)27-24(19(17)13-21(22)30-2)15-5-8-23(25-14-15)28-10-4-9-26-28;/h4-5,8-10,13-14,16,20,29H,3,6-7,11-12H2,1-2H3;1H/t16-,20-;/m1./s1. The number of halogens is 1. The molecule has 3 aliphatic rings. The molecular weight excluding hydrogens is 428 g/mol. The van der Waals surface area contributed by atoms with Gasteiger partial charge in [-0.3, -0.25) is 4.99 Å². The van der Waals surface area contributed by atoms with Crippen LogP contribution in [0, 0.1) is 0 Å². The van der Waals surface area contributed by atoms with Crippen LogP contribution in [0.15, 0.2) is 76.1 Å². The van der Waals surface area contributed by atoms with E-state index in [1.165, 1.54) is 11.1 Å². The maximum atomic E-state index is 10.3. The van der Waals surface area contributed by atoms with E-state index in [0.29, 0.717) is 19.4 Å². The summed E-state index contributed by atoms with van der Waals surface area (Å²) in [5.41, 5.74) is 5.34. The monoisotopic (exact) mass is 454 g/mol. The topological polar surface area (TPSA) is 81.8 Å². The average Bonchev–Trinajstić information content (AvgIpc) is 3.34. The van der Waals surface area contributed by atoms with Crippen molar-refractivity contribution in [2.45, 2.75) is 44.8 Å². The van der Waals surface area contributed by atoms with E-state index in [2.05, 4.69) is 10.1 Å². The number of rotatable bonds is 5. The molecule has 0 saturated heterocycles. The fraction of sp³-hybridized carbons (Fsp3) is 0.375. The predicted octanol–water partition coefficient (Wildman–Crippen LogP) is 3.93. The molecule has 32 heavy (non-hydrogen) atoms. The first-order chi connectivity index (χ1) is 15.2. The molecule has 7 nitrogen and oxygen atoms in total. The van der Waals surface area contributed by atoms with Gasteiger partial charge in [0.15, 0.2) is 11.6 Å². The lowest BCUT2D eigenvalue weighted by Gasteiger charge is -2.36. The van der Waals surface area contributed by atoms with E-state index >= 15 is 0 Å². The van der Waals surface area contributed by atoms with Crippen molar-refractivity contribution >= 4 is 18.1 Å². The Morgan fingerprint density at radius 3 is 2.81 bits per heavy atom. The fourth-order valence-corrected chi connectivity index (χ4v) is 4.61. The van der Waals surface area contributed by atoms with E-state index in [9.17, 15) is 5.11 Å². The average molecular weight is 455 g/mol. The molecule has 0 amide bonds. The summed E-state index contributed by atoms with van der Waals surface area (Å²) in [6.07, 6.45) is 10.1. The number of hydrogen-bond acceptors (Lipinski definition) is 6. The van der Waals surface area contributed by atoms with Gasteiger partial charge in [-0.2, -0.15) is 5.10 Å². The first-order valence-electron chi connectivity index (χ1n) is 10.7. The van der Waals surface area contributed by atoms with Gasteiger partial charge in [-0.25, -0.2) is 9.67 Å². The first kappa shape index (κ1) is 22.3. The molecule has 0 bridgehead atoms. The molecule has 1 saturated carbocycles. The number of aromatic nitrogens is 3. The van der Waals surface area contributed by atoms with Crippen LogP contribution in [0.5, 0.6) is 0 Å². The van der Waals surface area contributed by atoms with Crippen molar-refractivity contribution in [3.8, 4) is 5.82 Å². The molecule has 168 valence electrons. The maximum absolute atomic E-state index is 10.3. The van der Waals surface area contributed by atoms with Crippen molar-refractivity contribution in [3.63, 3.8) is 0 Å². The minimum absolute atomic E-state index is 0. The third-order valence-electron chi connectivity index (χ3n) is 6.07. The summed E-state index contributed by atoms with van der Waals surface area (Å²) < 4.78 is 13.3. The van der Waals surface area contributed by atoms with Gasteiger partial charge in [0, 0.05) is 36.1 Å². The number of ether oxygens (including phenoxy) is 2. The summed E-state index contributed by atoms with van der Waals surface area (Å²) in [4.78, 5) is 9.73. The molecule has 2 aromatic rings. The lowest BCUT2D eigenvalue weighted by Crippen LogP contribution is -2.31. The molecule has 0 radical (unpaired) electrons. The highest BCUT2D eigenvalue weighted by Crippen LogP contribution is 2.42. The van der Waals surface area contributed by atoms with E-state index in [1.54, 1.807) is 18.0 Å². The molecule has 0 aromatic carbocycles. The molecule has 2 atom stereocenters. The number of nitrogens with zero attached hydrogens (tertiary/aromatic N) is 4. The molecule has 0 unspecified atom stereocenters. The van der Waals surface area contributed by atoms with Crippen molar-refractivity contribution in [1.82, 2.24) is 14.8 Å². The van der Waals surface area contributed by atoms with Crippen LogP contribution in [0.4, 0.5) is 0 Å². The fourth-order valence-electron chi connectivity index (χ4n) is 4.61. The molecule has 2 aliphatic carbocycles. The molecule has 1 fully saturated rings. The van der Waals surface area contributed by atoms with Crippen molar-refractivity contribution in [3.05, 3.63) is 76.7 Å². The van der Waals surface area contributed by atoms with Gasteiger partial charge in [-0.1, -0.05) is 0 Å². The van der Waals surface area contributed by atoms with Crippen molar-refractivity contribution in [2.24, 2.45) is 4.99 Å². The molecule has 5 rings (SSSR count). The lowest BCUT2D eigenvalue weighted by molar-refractivity contribution is 0.143. The summed E-state index contributed by atoms with van der Waals surface area (Å²) in [7, 11) is 1.66. The number of hydrogen-bond donors (Lipinski definition) is 1. The molecular formula is C24H27ClN4O3. The Hall–Kier alpha value is -2.90. The second kappa shape index (κ2) is 9.30. The third-order valence-corrected chi connectivity index (χ3v) is 6.07. The Kier molecular flexibility index (Phi) is 6.48. The largest absolute Gasteiger partial charge is 0.494 e. The minimum Gasteiger partial charge on any atom is -0.494 e. The molecule has 1 N–H and O–H groups in total. The van der Waals surface area contributed by atoms with Crippen LogP contribution in [-0.2, 0) is 9.47 Å². The Bertz CT molecular complexity index is 1100. The quantitative estimate of drug-likeness (QED) is 0.740. The van der Waals surface area contributed by atoms with Crippen LogP contribution < -0.4 is 0 Å². The number of fused-ring (bicyclic) bond motifs is 2. The number of pyridine rings is 1. The Morgan fingerprint density at radius 2 is 2.12 bits per heavy atom. The zero-order chi connectivity index (χ0) is 21.4. The second-order valence-corrected chi connectivity index (χ2v) is 7.95. The Labute approximate surface area is 193 Å². The molecule has 8 heteroatoms. The van der Waals surface area contributed by atoms with Crippen LogP contribution in [0.25, 0.3) is 5.82 Å². The molecule has 3 heterocycles. The number of aliphatic imine (C=N–C) groups is 1. The highest BCUT2D eigenvalue weighted by molar-refractivity contribution is 6.16. The smallest absolute Gasteiger partial charge is 0.157 e. The van der Waals surface area contributed by atoms with Crippen molar-refractivity contribution < 1.29 is 14.6 Å². The minimum atomic E-state index is -0.310. The van der Waals surface area contributed by atoms with Crippen LogP contribution in [0.2, 0.25) is 0 Å². The van der Waals surface area contributed by atoms with E-state index in [1.807, 2.05) is 43.6 Å². The molecule has 1 aliphatic heterocycles. The van der Waals surface area contributed by atoms with E-state index in [4.69, 9.17) is 14.5 Å². The first-order valence-corrected chi connectivity index (χ1v) is 10.7. The predicted molar refractivity (Wildman–Crippen MR) is 124 cm³/mol. The zero-order valence-electron chi connectivity index (χ0n) is 18.2. The number of dihydropyridines is 1. The lowest BCUT2D eigenvalue weighted by atomic mass is 9.76. The number of aliphatic hydroxyl groups is 1. The maximum Gasteiger partial charge on any atom is 0.157 e. The van der Waals surface area contributed by atoms with Gasteiger partial charge >= 0.3 is 0 Å². The summed E-state index contributed by atoms with van der Waals surface area (Å²) in [6, 6.07) is 5.95. The third kappa shape index (κ3) is 3.98. The summed E-state index contributed by atoms with van der Waals surface area (Å²) in [5, 5.41) is 14.6. The summed E-state index contributed by atoms with van der Waals surface area (Å²) >= 11 is 0. The van der Waals surface area contributed by atoms with Gasteiger partial charge in [-0.05, 0) is 61.6 Å². The van der Waals surface area contributed by atoms with Crippen LogP contribution in [-0.4, -0.2) is 51.4 Å². The highest BCUT2D eigenvalue weighted by atomic mass is 35.5. The second-order valence-electron chi connectivity index (χ2n) is 7.95. The van der Waals surface area contributed by atoms with Gasteiger partial charge in [0.1, 0.15) is 5.76 Å². The van der Waals surface area contributed by atoms with Gasteiger partial charge < -0.3 is 14.6 Å². The summed E-state index contributed by atoms with van der Waals surface area (Å²) in [6.45, 7) is 2.56. The van der Waals surface area contributed by atoms with E-state index in [-0.39, 0.29) is 24.6 Å². The highest BCUT2D eigenvalue weighted by Gasteiger charge is 2.36. The molecule has 2 aromatic heterocycles.